The van der Waals surface area contributed by atoms with E-state index < -0.39 is 24.3 Å². The van der Waals surface area contributed by atoms with E-state index in [9.17, 15) is 14.4 Å². The van der Waals surface area contributed by atoms with Crippen molar-refractivity contribution in [1.29, 1.82) is 0 Å². The molecule has 0 radical (unpaired) electrons. The first-order chi connectivity index (χ1) is 14.5. The minimum atomic E-state index is -0.625. The number of Topliss-reactive ketones (excluding diaryl/α,β-unsaturated/α-hetero) is 1. The summed E-state index contributed by atoms with van der Waals surface area (Å²) in [4.78, 5) is 38.6. The lowest BCUT2D eigenvalue weighted by Crippen LogP contribution is -2.27. The van der Waals surface area contributed by atoms with Crippen molar-refractivity contribution in [2.45, 2.75) is 13.0 Å². The molecule has 2 heterocycles. The Morgan fingerprint density at radius 1 is 1.13 bits per heavy atom. The molecule has 3 rings (SSSR count). The average Bonchev–Trinajstić information content (AvgIpc) is 3.40. The van der Waals surface area contributed by atoms with Gasteiger partial charge in [-0.05, 0) is 24.3 Å². The van der Waals surface area contributed by atoms with E-state index in [0.29, 0.717) is 29.6 Å². The first-order valence-corrected chi connectivity index (χ1v) is 9.26. The van der Waals surface area contributed by atoms with Crippen LogP contribution < -0.4 is 14.2 Å². The molecule has 30 heavy (non-hydrogen) atoms. The molecule has 1 amide bonds. The molecule has 0 saturated carbocycles. The highest BCUT2D eigenvalue weighted by molar-refractivity contribution is 5.99. The van der Waals surface area contributed by atoms with Crippen LogP contribution in [0.15, 0.2) is 34.9 Å². The number of esters is 1. The van der Waals surface area contributed by atoms with E-state index in [4.69, 9.17) is 23.4 Å². The van der Waals surface area contributed by atoms with E-state index in [1.54, 1.807) is 12.1 Å². The summed E-state index contributed by atoms with van der Waals surface area (Å²) in [6.07, 6.45) is 1.56. The van der Waals surface area contributed by atoms with Crippen LogP contribution in [0.4, 0.5) is 0 Å². The van der Waals surface area contributed by atoms with Crippen LogP contribution in [0.1, 0.15) is 22.5 Å². The highest BCUT2D eigenvalue weighted by Gasteiger charge is 2.36. The lowest BCUT2D eigenvalue weighted by Gasteiger charge is -2.15. The lowest BCUT2D eigenvalue weighted by molar-refractivity contribution is -0.147. The minimum Gasteiger partial charge on any atom is -0.493 e. The van der Waals surface area contributed by atoms with Crippen molar-refractivity contribution in [3.8, 4) is 17.2 Å². The molecule has 0 spiro atoms. The summed E-state index contributed by atoms with van der Waals surface area (Å²) in [5, 5.41) is 0. The Bertz CT molecular complexity index is 896. The molecule has 1 fully saturated rings. The van der Waals surface area contributed by atoms with Crippen LogP contribution in [0, 0.1) is 5.92 Å². The predicted molar refractivity (Wildman–Crippen MR) is 104 cm³/mol. The van der Waals surface area contributed by atoms with Gasteiger partial charge in [0.25, 0.3) is 0 Å². The topological polar surface area (TPSA) is 105 Å². The third kappa shape index (κ3) is 4.56. The quantitative estimate of drug-likeness (QED) is 0.451. The van der Waals surface area contributed by atoms with Gasteiger partial charge in [-0.15, -0.1) is 0 Å². The van der Waals surface area contributed by atoms with E-state index >= 15 is 0 Å². The number of carbonyl (C=O) groups is 3. The van der Waals surface area contributed by atoms with Gasteiger partial charge in [0.1, 0.15) is 5.76 Å². The van der Waals surface area contributed by atoms with Crippen LogP contribution in [0.2, 0.25) is 0 Å². The van der Waals surface area contributed by atoms with Crippen LogP contribution in [-0.4, -0.2) is 57.0 Å². The fourth-order valence-corrected chi connectivity index (χ4v) is 3.25. The summed E-state index contributed by atoms with van der Waals surface area (Å²) < 4.78 is 26.1. The lowest BCUT2D eigenvalue weighted by atomic mass is 10.1. The maximum absolute atomic E-state index is 12.5. The van der Waals surface area contributed by atoms with E-state index in [0.717, 1.165) is 0 Å². The molecule has 9 nitrogen and oxygen atoms in total. The second-order valence-electron chi connectivity index (χ2n) is 6.70. The highest BCUT2D eigenvalue weighted by atomic mass is 16.5. The fourth-order valence-electron chi connectivity index (χ4n) is 3.25. The molecule has 9 heteroatoms. The van der Waals surface area contributed by atoms with Gasteiger partial charge in [-0.25, -0.2) is 0 Å². The molecule has 2 aromatic rings. The van der Waals surface area contributed by atoms with Gasteiger partial charge in [-0.2, -0.15) is 0 Å². The van der Waals surface area contributed by atoms with Crippen LogP contribution in [0.3, 0.4) is 0 Å². The number of methoxy groups -OCH3 is 3. The van der Waals surface area contributed by atoms with Crippen molar-refractivity contribution in [2.75, 3.05) is 34.5 Å². The van der Waals surface area contributed by atoms with Gasteiger partial charge in [0.15, 0.2) is 18.1 Å². The second-order valence-corrected chi connectivity index (χ2v) is 6.70. The molecule has 0 unspecified atom stereocenters. The van der Waals surface area contributed by atoms with Crippen molar-refractivity contribution in [3.05, 3.63) is 41.9 Å². The summed E-state index contributed by atoms with van der Waals surface area (Å²) in [5.74, 6) is -0.178. The Morgan fingerprint density at radius 3 is 2.40 bits per heavy atom. The molecule has 0 N–H and O–H groups in total. The van der Waals surface area contributed by atoms with Crippen LogP contribution in [0.25, 0.3) is 0 Å². The number of ketones is 1. The molecular formula is C21H23NO8. The van der Waals surface area contributed by atoms with E-state index in [-0.39, 0.29) is 24.4 Å². The molecule has 1 aliphatic rings. The molecule has 1 aromatic carbocycles. The highest BCUT2D eigenvalue weighted by Crippen LogP contribution is 2.38. The average molecular weight is 417 g/mol. The number of benzene rings is 1. The fraction of sp³-hybridized carbons (Fsp3) is 0.381. The predicted octanol–water partition coefficient (Wildman–Crippen LogP) is 2.08. The van der Waals surface area contributed by atoms with Crippen LogP contribution >= 0.6 is 0 Å². The summed E-state index contributed by atoms with van der Waals surface area (Å²) in [5.41, 5.74) is 0.249. The zero-order chi connectivity index (χ0) is 21.7. The molecule has 160 valence electrons. The van der Waals surface area contributed by atoms with Crippen molar-refractivity contribution in [2.24, 2.45) is 5.92 Å². The van der Waals surface area contributed by atoms with Crippen LogP contribution in [-0.2, 0) is 20.9 Å². The Balaban J connectivity index is 1.59. The molecule has 1 saturated heterocycles. The Hall–Kier alpha value is -3.49. The number of carbonyl (C=O) groups excluding carboxylic acids is 3. The number of hydrogen-bond donors (Lipinski definition) is 0. The smallest absolute Gasteiger partial charge is 0.311 e. The number of furan rings is 1. The number of likely N-dealkylation sites (tertiary alicyclic amines) is 1. The summed E-state index contributed by atoms with van der Waals surface area (Å²) in [6.45, 7) is 0.0526. The van der Waals surface area contributed by atoms with E-state index in [1.807, 2.05) is 0 Å². The van der Waals surface area contributed by atoms with Crippen molar-refractivity contribution in [3.63, 3.8) is 0 Å². The maximum atomic E-state index is 12.5. The zero-order valence-electron chi connectivity index (χ0n) is 17.0. The SMILES string of the molecule is COc1cc(C(=O)COC(=O)[C@@H]2CC(=O)N(Cc3ccco3)C2)cc(OC)c1OC. The molecule has 0 aliphatic carbocycles. The second kappa shape index (κ2) is 9.34. The number of nitrogens with zero attached hydrogens (tertiary/aromatic N) is 1. The summed E-state index contributed by atoms with van der Waals surface area (Å²) in [7, 11) is 4.34. The molecule has 1 atom stereocenters. The number of hydrogen-bond acceptors (Lipinski definition) is 8. The third-order valence-corrected chi connectivity index (χ3v) is 4.81. The van der Waals surface area contributed by atoms with Gasteiger partial charge in [-0.1, -0.05) is 0 Å². The van der Waals surface area contributed by atoms with Gasteiger partial charge in [0, 0.05) is 18.5 Å². The molecule has 0 bridgehead atoms. The van der Waals surface area contributed by atoms with Gasteiger partial charge in [-0.3, -0.25) is 14.4 Å². The largest absolute Gasteiger partial charge is 0.493 e. The normalized spacial score (nSPS) is 15.8. The first kappa shape index (κ1) is 21.2. The number of rotatable bonds is 9. The first-order valence-electron chi connectivity index (χ1n) is 9.26. The molecular weight excluding hydrogens is 394 g/mol. The monoisotopic (exact) mass is 417 g/mol. The van der Waals surface area contributed by atoms with Crippen molar-refractivity contribution < 1.29 is 37.7 Å². The van der Waals surface area contributed by atoms with Gasteiger partial charge < -0.3 is 28.3 Å². The van der Waals surface area contributed by atoms with Crippen molar-refractivity contribution >= 4 is 17.7 Å². The van der Waals surface area contributed by atoms with E-state index in [2.05, 4.69) is 0 Å². The Labute approximate surface area is 173 Å². The van der Waals surface area contributed by atoms with Crippen molar-refractivity contribution in [1.82, 2.24) is 4.90 Å². The minimum absolute atomic E-state index is 0.0396. The Morgan fingerprint density at radius 2 is 1.83 bits per heavy atom. The Kier molecular flexibility index (Phi) is 6.61. The molecule has 1 aromatic heterocycles. The van der Waals surface area contributed by atoms with E-state index in [1.165, 1.54) is 44.6 Å². The van der Waals surface area contributed by atoms with Gasteiger partial charge >= 0.3 is 5.97 Å². The summed E-state index contributed by atoms with van der Waals surface area (Å²) in [6, 6.07) is 6.47. The number of amides is 1. The molecule has 1 aliphatic heterocycles. The standard InChI is InChI=1S/C21H23NO8/c1-26-17-7-13(8-18(27-2)20(17)28-3)16(23)12-30-21(25)14-9-19(24)22(10-14)11-15-5-4-6-29-15/h4-8,14H,9-12H2,1-3H3/t14-/m1/s1. The van der Waals surface area contributed by atoms with Crippen LogP contribution in [0.5, 0.6) is 17.2 Å². The van der Waals surface area contributed by atoms with Gasteiger partial charge in [0.2, 0.25) is 17.4 Å². The maximum Gasteiger partial charge on any atom is 0.311 e. The number of ether oxygens (including phenoxy) is 4. The zero-order valence-corrected chi connectivity index (χ0v) is 17.0. The third-order valence-electron chi connectivity index (χ3n) is 4.81. The summed E-state index contributed by atoms with van der Waals surface area (Å²) >= 11 is 0. The van der Waals surface area contributed by atoms with Gasteiger partial charge in [0.05, 0.1) is 40.1 Å².